The molecule has 0 fully saturated rings. The summed E-state index contributed by atoms with van der Waals surface area (Å²) in [5.74, 6) is -1.99. The molecule has 184 valence electrons. The maximum Gasteiger partial charge on any atom is 0.471 e. The third-order valence-corrected chi connectivity index (χ3v) is 6.24. The van der Waals surface area contributed by atoms with Crippen molar-refractivity contribution >= 4 is 31.7 Å². The first-order chi connectivity index (χ1) is 15.1. The fraction of sp³-hybridized carbons (Fsp3) is 0.533. The molecule has 1 amide bonds. The Balaban J connectivity index is 2.13. The van der Waals surface area contributed by atoms with Crippen LogP contribution in [0.4, 0.5) is 13.2 Å². The van der Waals surface area contributed by atoms with Crippen molar-refractivity contribution in [1.29, 1.82) is 0 Å². The second kappa shape index (κ2) is 16.1. The lowest BCUT2D eigenvalue weighted by Gasteiger charge is -2.15. The number of amides is 1. The molecule has 11 nitrogen and oxygen atoms in total. The van der Waals surface area contributed by atoms with Gasteiger partial charge in [0, 0.05) is 26.7 Å². The summed E-state index contributed by atoms with van der Waals surface area (Å²) in [4.78, 5) is 38.6. The molecule has 0 aliphatic rings. The van der Waals surface area contributed by atoms with Gasteiger partial charge in [0.05, 0.1) is 19.8 Å². The molecular weight excluding hydrogens is 502 g/mol. The highest BCUT2D eigenvalue weighted by Crippen LogP contribution is 2.56. The first-order valence-corrected chi connectivity index (χ1v) is 12.2. The van der Waals surface area contributed by atoms with Gasteiger partial charge in [0.1, 0.15) is 0 Å². The second-order valence-corrected chi connectivity index (χ2v) is 9.05. The van der Waals surface area contributed by atoms with Gasteiger partial charge < -0.3 is 39.1 Å². The zero-order valence-corrected chi connectivity index (χ0v) is 19.5. The first kappa shape index (κ1) is 29.4. The van der Waals surface area contributed by atoms with Gasteiger partial charge >= 0.3 is 37.9 Å². The second-order valence-electron chi connectivity index (χ2n) is 5.69. The van der Waals surface area contributed by atoms with Crippen LogP contribution in [0.5, 0.6) is 0 Å². The molecule has 0 aromatic heterocycles. The fourth-order valence-corrected chi connectivity index (χ4v) is 3.95. The van der Waals surface area contributed by atoms with Gasteiger partial charge in [0.25, 0.3) is 0 Å². The minimum Gasteiger partial charge on any atom is -0.378 e. The number of carbonyl (C=O) groups is 1. The van der Waals surface area contributed by atoms with E-state index in [4.69, 9.17) is 14.2 Å². The Kier molecular flexibility index (Phi) is 14.8. The van der Waals surface area contributed by atoms with E-state index in [9.17, 15) is 27.8 Å². The van der Waals surface area contributed by atoms with Crippen molar-refractivity contribution in [3.8, 4) is 0 Å². The van der Waals surface area contributed by atoms with Gasteiger partial charge in [0.15, 0.2) is 0 Å². The van der Waals surface area contributed by atoms with Crippen molar-refractivity contribution in [2.45, 2.75) is 19.3 Å². The molecule has 0 aliphatic heterocycles. The minimum atomic E-state index is -4.90. The Labute approximate surface area is 186 Å². The molecule has 1 rings (SSSR count). The minimum absolute atomic E-state index is 0.00989. The summed E-state index contributed by atoms with van der Waals surface area (Å²) in [6.07, 6.45) is -4.90. The zero-order chi connectivity index (χ0) is 24.0. The molecule has 17 heteroatoms. The largest absolute Gasteiger partial charge is 0.471 e. The highest BCUT2D eigenvalue weighted by molar-refractivity contribution is 7.60. The summed E-state index contributed by atoms with van der Waals surface area (Å²) in [5.41, 5.74) is 1.67. The molecule has 0 saturated carbocycles. The van der Waals surface area contributed by atoms with Crippen LogP contribution in [-0.2, 0) is 40.4 Å². The molecule has 0 aliphatic carbocycles. The molecule has 0 saturated heterocycles. The number of ether oxygens (including phenoxy) is 1. The van der Waals surface area contributed by atoms with Crippen molar-refractivity contribution in [3.63, 3.8) is 0 Å². The van der Waals surface area contributed by atoms with Crippen LogP contribution >= 0.6 is 25.8 Å². The summed E-state index contributed by atoms with van der Waals surface area (Å²) in [6.45, 7) is 0.972. The van der Waals surface area contributed by atoms with Crippen LogP contribution < -0.4 is 10.6 Å². The number of alkyl halides is 3. The molecule has 0 radical (unpaired) electrons. The van der Waals surface area contributed by atoms with Gasteiger partial charge in [-0.05, 0) is 11.1 Å². The van der Waals surface area contributed by atoms with Crippen molar-refractivity contribution in [3.05, 3.63) is 35.4 Å². The summed E-state index contributed by atoms with van der Waals surface area (Å²) in [6, 6.07) is 7.16. The summed E-state index contributed by atoms with van der Waals surface area (Å²) < 4.78 is 59.7. The van der Waals surface area contributed by atoms with E-state index in [-0.39, 0.29) is 26.4 Å². The summed E-state index contributed by atoms with van der Waals surface area (Å²) >= 11 is 0. The smallest absolute Gasteiger partial charge is 0.378 e. The topological polar surface area (TPSA) is 148 Å². The van der Waals surface area contributed by atoms with Gasteiger partial charge in [-0.25, -0.2) is 8.62 Å². The Hall–Kier alpha value is -0.590. The van der Waals surface area contributed by atoms with E-state index in [0.717, 1.165) is 11.1 Å². The standard InChI is InChI=1S/C15H24F3N2O9P3/c1-25-30(22)28-32(24)29-31(23)27-11-13-4-2-12(3-5-13)10-19-6-8-26-9-7-20-14(21)15(16,17)18/h2-5,19,22-24H,6-11H2,1H3,(H,20,21). The van der Waals surface area contributed by atoms with E-state index in [2.05, 4.69) is 18.5 Å². The predicted octanol–water partition coefficient (Wildman–Crippen LogP) is 2.33. The molecule has 1 aromatic carbocycles. The predicted molar refractivity (Wildman–Crippen MR) is 109 cm³/mol. The molecular formula is C15H24F3N2O9P3. The van der Waals surface area contributed by atoms with E-state index in [0.29, 0.717) is 13.1 Å². The quantitative estimate of drug-likeness (QED) is 0.161. The van der Waals surface area contributed by atoms with E-state index < -0.39 is 37.9 Å². The van der Waals surface area contributed by atoms with Gasteiger partial charge in [-0.1, -0.05) is 24.3 Å². The van der Waals surface area contributed by atoms with Gasteiger partial charge in [0.2, 0.25) is 0 Å². The summed E-state index contributed by atoms with van der Waals surface area (Å²) in [7, 11) is -6.09. The van der Waals surface area contributed by atoms with E-state index in [1.807, 2.05) is 12.1 Å². The van der Waals surface area contributed by atoms with Crippen molar-refractivity contribution < 1.29 is 55.1 Å². The number of nitrogens with one attached hydrogen (secondary N) is 2. The Morgan fingerprint density at radius 2 is 1.56 bits per heavy atom. The number of halogens is 3. The third kappa shape index (κ3) is 13.8. The van der Waals surface area contributed by atoms with E-state index in [1.165, 1.54) is 7.11 Å². The van der Waals surface area contributed by atoms with Gasteiger partial charge in [-0.15, -0.1) is 0 Å². The van der Waals surface area contributed by atoms with Crippen LogP contribution in [0.1, 0.15) is 11.1 Å². The lowest BCUT2D eigenvalue weighted by Crippen LogP contribution is -2.38. The molecule has 32 heavy (non-hydrogen) atoms. The van der Waals surface area contributed by atoms with Crippen LogP contribution in [0, 0.1) is 0 Å². The van der Waals surface area contributed by atoms with Crippen LogP contribution in [0.25, 0.3) is 0 Å². The maximum atomic E-state index is 12.0. The van der Waals surface area contributed by atoms with Gasteiger partial charge in [-0.2, -0.15) is 13.2 Å². The Morgan fingerprint density at radius 3 is 2.19 bits per heavy atom. The lowest BCUT2D eigenvalue weighted by molar-refractivity contribution is -0.173. The Bertz CT molecular complexity index is 661. The molecule has 0 heterocycles. The summed E-state index contributed by atoms with van der Waals surface area (Å²) in [5, 5.41) is 4.79. The molecule has 5 N–H and O–H groups in total. The zero-order valence-electron chi connectivity index (χ0n) is 16.8. The van der Waals surface area contributed by atoms with Crippen LogP contribution in [0.2, 0.25) is 0 Å². The van der Waals surface area contributed by atoms with Crippen molar-refractivity contribution in [1.82, 2.24) is 10.6 Å². The van der Waals surface area contributed by atoms with Crippen molar-refractivity contribution in [2.24, 2.45) is 0 Å². The molecule has 0 spiro atoms. The number of carbonyl (C=O) groups excluding carboxylic acids is 1. The number of hydrogen-bond donors (Lipinski definition) is 5. The van der Waals surface area contributed by atoms with Crippen LogP contribution in [-0.4, -0.2) is 60.2 Å². The molecule has 0 bridgehead atoms. The molecule has 1 aromatic rings. The third-order valence-electron chi connectivity index (χ3n) is 3.34. The fourth-order valence-electron chi connectivity index (χ4n) is 1.89. The van der Waals surface area contributed by atoms with Crippen molar-refractivity contribution in [2.75, 3.05) is 33.4 Å². The SMILES string of the molecule is COP(O)OP(O)OP(O)OCc1ccc(CNCCOCCNC(=O)C(F)(F)F)cc1. The monoisotopic (exact) mass is 526 g/mol. The highest BCUT2D eigenvalue weighted by atomic mass is 31.3. The number of rotatable bonds is 16. The average molecular weight is 526 g/mol. The van der Waals surface area contributed by atoms with E-state index >= 15 is 0 Å². The number of hydrogen-bond acceptors (Lipinski definition) is 10. The molecule has 3 unspecified atom stereocenters. The Morgan fingerprint density at radius 1 is 0.969 bits per heavy atom. The van der Waals surface area contributed by atoms with Crippen LogP contribution in [0.15, 0.2) is 24.3 Å². The average Bonchev–Trinajstić information content (AvgIpc) is 2.73. The normalized spacial score (nSPS) is 14.7. The molecule has 3 atom stereocenters. The van der Waals surface area contributed by atoms with Gasteiger partial charge in [-0.3, -0.25) is 4.79 Å². The highest BCUT2D eigenvalue weighted by Gasteiger charge is 2.38. The first-order valence-electron chi connectivity index (χ1n) is 8.83. The number of benzene rings is 1. The lowest BCUT2D eigenvalue weighted by atomic mass is 10.1. The maximum absolute atomic E-state index is 12.0. The van der Waals surface area contributed by atoms with Crippen LogP contribution in [0.3, 0.4) is 0 Å². The van der Waals surface area contributed by atoms with E-state index in [1.54, 1.807) is 17.4 Å².